The maximum Gasteiger partial charge on any atom is 0.326 e. The van der Waals surface area contributed by atoms with Crippen molar-refractivity contribution in [2.45, 2.75) is 115 Å². The van der Waals surface area contributed by atoms with Gasteiger partial charge in [-0.05, 0) is 67.8 Å². The molecule has 7 amide bonds. The highest BCUT2D eigenvalue weighted by Gasteiger charge is 2.42. The van der Waals surface area contributed by atoms with Gasteiger partial charge in [0, 0.05) is 51.3 Å². The van der Waals surface area contributed by atoms with Gasteiger partial charge in [-0.2, -0.15) is 0 Å². The van der Waals surface area contributed by atoms with Crippen LogP contribution in [0.15, 0.2) is 72.1 Å². The van der Waals surface area contributed by atoms with Gasteiger partial charge in [-0.25, -0.2) is 9.78 Å². The summed E-state index contributed by atoms with van der Waals surface area (Å²) in [6, 6.07) is 6.34. The maximum atomic E-state index is 14.6. The van der Waals surface area contributed by atoms with E-state index in [1.54, 1.807) is 77.2 Å². The van der Waals surface area contributed by atoms with Crippen LogP contribution in [0.25, 0.3) is 0 Å². The predicted octanol–water partition coefficient (Wildman–Crippen LogP) is -0.945. The molecule has 1 aliphatic heterocycles. The van der Waals surface area contributed by atoms with E-state index in [4.69, 9.17) is 11.5 Å². The van der Waals surface area contributed by atoms with Crippen molar-refractivity contribution in [1.29, 1.82) is 0 Å². The van der Waals surface area contributed by atoms with Crippen LogP contribution in [0.3, 0.4) is 0 Å². The first-order valence-corrected chi connectivity index (χ1v) is 24.0. The molecule has 0 bridgehead atoms. The normalized spacial score (nSPS) is 15.8. The van der Waals surface area contributed by atoms with Gasteiger partial charge in [0.1, 0.15) is 48.0 Å². The van der Waals surface area contributed by atoms with Crippen LogP contribution in [-0.4, -0.2) is 159 Å². The number of carbonyl (C=O) groups is 8. The van der Waals surface area contributed by atoms with Crippen LogP contribution in [0, 0.1) is 11.8 Å². The highest BCUT2D eigenvalue weighted by molar-refractivity contribution is 5.98. The summed E-state index contributed by atoms with van der Waals surface area (Å²) < 4.78 is 0. The third kappa shape index (κ3) is 17.1. The summed E-state index contributed by atoms with van der Waals surface area (Å²) in [4.78, 5) is 124. The number of guanidine groups is 1. The molecule has 1 saturated heterocycles. The lowest BCUT2D eigenvalue weighted by molar-refractivity contribution is -0.153. The van der Waals surface area contributed by atoms with E-state index in [9.17, 15) is 48.6 Å². The summed E-state index contributed by atoms with van der Waals surface area (Å²) in [7, 11) is 2.96. The average Bonchev–Trinajstić information content (AvgIpc) is 4.05. The van der Waals surface area contributed by atoms with E-state index >= 15 is 0 Å². The molecule has 0 saturated carbocycles. The second-order valence-electron chi connectivity index (χ2n) is 18.5. The first kappa shape index (κ1) is 57.0. The number of imidazole rings is 1. The van der Waals surface area contributed by atoms with Crippen LogP contribution < -0.4 is 43.4 Å². The lowest BCUT2D eigenvalue weighted by Gasteiger charge is -2.34. The number of carbonyl (C=O) groups excluding carboxylic acids is 7. The Hall–Kier alpha value is -7.56. The van der Waals surface area contributed by atoms with Gasteiger partial charge < -0.3 is 68.4 Å². The fourth-order valence-electron chi connectivity index (χ4n) is 8.28. The van der Waals surface area contributed by atoms with Crippen LogP contribution in [0.5, 0.6) is 5.75 Å². The minimum Gasteiger partial charge on any atom is -0.508 e. The molecule has 2 heterocycles. The van der Waals surface area contributed by atoms with E-state index in [-0.39, 0.29) is 63.4 Å². The van der Waals surface area contributed by atoms with E-state index in [2.05, 4.69) is 46.9 Å². The standard InChI is InChI=1S/C49H71N13O10/c1-28(2)40(59-42(65)34(56-39(64)26-52-5)14-10-20-54-49(50)51)44(67)57-35(22-31-16-18-33(63)19-17-31)43(66)60-41(29(3)4)45(68)58-36(24-32-25-53-27-55-32)46(69)62-21-11-15-37(62)47(70)61(6)38(48(71)72)23-30-12-8-7-9-13-30/h7-9,12-13,16-19,25,27-29,34-38,40-41,52,63H,10-11,14-15,20-24,26H2,1-6H3,(H,53,55)(H,56,64)(H,57,67)(H,58,68)(H,59,65)(H,60,66)(H,71,72)(H4,50,51,54)/t34-,35-,36-,37-,38-,40-,41-/m0/s1. The third-order valence-corrected chi connectivity index (χ3v) is 12.2. The number of hydrogen-bond acceptors (Lipinski definition) is 12. The SMILES string of the molecule is CNCC(=O)N[C@@H](CCCN=C(N)N)C(=O)N[C@H](C(=O)N[C@@H](Cc1ccc(O)cc1)C(=O)N[C@H](C(=O)N[C@@H](Cc1cnc[nH]1)C(=O)N1CCC[C@H]1C(=O)N(C)[C@@H](Cc1ccccc1)C(=O)O)C(C)C)C(C)C. The lowest BCUT2D eigenvalue weighted by Crippen LogP contribution is -2.61. The molecule has 0 unspecified atom stereocenters. The molecule has 3 aromatic rings. The largest absolute Gasteiger partial charge is 0.508 e. The molecule has 1 aromatic heterocycles. The molecular weight excluding hydrogens is 931 g/mol. The molecule has 7 atom stereocenters. The molecule has 4 rings (SSSR count). The fraction of sp³-hybridized carbons (Fsp3) is 0.510. The van der Waals surface area contributed by atoms with Crippen LogP contribution >= 0.6 is 0 Å². The van der Waals surface area contributed by atoms with Crippen molar-refractivity contribution in [3.05, 3.63) is 83.9 Å². The number of benzene rings is 2. The van der Waals surface area contributed by atoms with Crippen molar-refractivity contribution >= 4 is 53.3 Å². The van der Waals surface area contributed by atoms with E-state index in [0.717, 1.165) is 4.90 Å². The average molecular weight is 1000 g/mol. The molecule has 23 nitrogen and oxygen atoms in total. The molecule has 1 aliphatic rings. The third-order valence-electron chi connectivity index (χ3n) is 12.2. The number of nitrogens with zero attached hydrogens (tertiary/aromatic N) is 4. The van der Waals surface area contributed by atoms with Crippen molar-refractivity contribution in [3.8, 4) is 5.75 Å². The van der Waals surface area contributed by atoms with E-state index < -0.39 is 101 Å². The molecular formula is C49H71N13O10. The zero-order chi connectivity index (χ0) is 53.1. The topological polar surface area (TPSA) is 349 Å². The van der Waals surface area contributed by atoms with Gasteiger partial charge in [0.05, 0.1) is 12.9 Å². The van der Waals surface area contributed by atoms with Crippen LogP contribution in [0.4, 0.5) is 0 Å². The number of aromatic hydroxyl groups is 1. The highest BCUT2D eigenvalue weighted by Crippen LogP contribution is 2.23. The highest BCUT2D eigenvalue weighted by atomic mass is 16.4. The number of phenolic OH excluding ortho intramolecular Hbond substituents is 1. The molecule has 13 N–H and O–H groups in total. The van der Waals surface area contributed by atoms with Gasteiger partial charge in [0.2, 0.25) is 41.4 Å². The minimum atomic E-state index is -1.35. The number of aliphatic imine (C=N–C) groups is 1. The van der Waals surface area contributed by atoms with E-state index in [0.29, 0.717) is 29.7 Å². The monoisotopic (exact) mass is 1000 g/mol. The number of amides is 7. The number of rotatable bonds is 27. The van der Waals surface area contributed by atoms with Gasteiger partial charge in [0.15, 0.2) is 5.96 Å². The number of hydrogen-bond donors (Lipinski definition) is 11. The van der Waals surface area contributed by atoms with Crippen molar-refractivity contribution < 1.29 is 48.6 Å². The smallest absolute Gasteiger partial charge is 0.326 e. The summed E-state index contributed by atoms with van der Waals surface area (Å²) in [6.45, 7) is 6.97. The predicted molar refractivity (Wildman–Crippen MR) is 266 cm³/mol. The Balaban J connectivity index is 1.57. The summed E-state index contributed by atoms with van der Waals surface area (Å²) in [5.41, 5.74) is 12.6. The van der Waals surface area contributed by atoms with Crippen molar-refractivity contribution in [2.24, 2.45) is 28.3 Å². The summed E-state index contributed by atoms with van der Waals surface area (Å²) in [5, 5.41) is 36.6. The number of aromatic nitrogens is 2. The van der Waals surface area contributed by atoms with Crippen molar-refractivity contribution in [2.75, 3.05) is 33.7 Å². The molecule has 72 heavy (non-hydrogen) atoms. The maximum absolute atomic E-state index is 14.6. The Bertz CT molecular complexity index is 2330. The molecule has 0 spiro atoms. The molecule has 392 valence electrons. The fourth-order valence-corrected chi connectivity index (χ4v) is 8.28. The number of H-pyrrole nitrogens is 1. The van der Waals surface area contributed by atoms with Gasteiger partial charge in [-0.3, -0.25) is 38.6 Å². The Kier molecular flexibility index (Phi) is 22.0. The summed E-state index contributed by atoms with van der Waals surface area (Å²) in [5.74, 6) is -7.11. The Morgan fingerprint density at radius 1 is 0.792 bits per heavy atom. The quantitative estimate of drug-likeness (QED) is 0.0250. The van der Waals surface area contributed by atoms with Gasteiger partial charge >= 0.3 is 5.97 Å². The zero-order valence-corrected chi connectivity index (χ0v) is 41.7. The van der Waals surface area contributed by atoms with Gasteiger partial charge in [-0.1, -0.05) is 70.2 Å². The van der Waals surface area contributed by atoms with Crippen molar-refractivity contribution in [1.82, 2.24) is 51.7 Å². The number of nitrogens with two attached hydrogens (primary N) is 2. The molecule has 23 heteroatoms. The number of carboxylic acid groups (broad SMARTS) is 1. The minimum absolute atomic E-state index is 0.0383. The number of nitrogens with one attached hydrogen (secondary N) is 7. The number of aliphatic carboxylic acids is 1. The Morgan fingerprint density at radius 2 is 1.39 bits per heavy atom. The Labute approximate surface area is 419 Å². The first-order chi connectivity index (χ1) is 34.2. The first-order valence-electron chi connectivity index (χ1n) is 24.0. The molecule has 1 fully saturated rings. The van der Waals surface area contributed by atoms with Crippen LogP contribution in [0.1, 0.15) is 70.2 Å². The second-order valence-corrected chi connectivity index (χ2v) is 18.5. The number of aromatic amines is 1. The number of phenols is 1. The van der Waals surface area contributed by atoms with E-state index in [1.165, 1.54) is 36.6 Å². The number of likely N-dealkylation sites (tertiary alicyclic amines) is 1. The molecule has 0 aliphatic carbocycles. The summed E-state index contributed by atoms with van der Waals surface area (Å²) in [6.07, 6.45) is 3.85. The number of carboxylic acids is 1. The second kappa shape index (κ2) is 27.7. The van der Waals surface area contributed by atoms with Gasteiger partial charge in [0.25, 0.3) is 0 Å². The summed E-state index contributed by atoms with van der Waals surface area (Å²) >= 11 is 0. The van der Waals surface area contributed by atoms with Gasteiger partial charge in [-0.15, -0.1) is 0 Å². The van der Waals surface area contributed by atoms with Crippen molar-refractivity contribution in [3.63, 3.8) is 0 Å². The zero-order valence-electron chi connectivity index (χ0n) is 41.7. The van der Waals surface area contributed by atoms with E-state index in [1.807, 2.05) is 0 Å². The molecule has 2 aromatic carbocycles. The number of likely N-dealkylation sites (N-methyl/N-ethyl adjacent to an activating group) is 2. The van der Waals surface area contributed by atoms with Crippen LogP contribution in [-0.2, 0) is 57.6 Å². The molecule has 0 radical (unpaired) electrons. The van der Waals surface area contributed by atoms with Crippen LogP contribution in [0.2, 0.25) is 0 Å². The Morgan fingerprint density at radius 3 is 1.94 bits per heavy atom. The lowest BCUT2D eigenvalue weighted by atomic mass is 9.98.